The first-order chi connectivity index (χ1) is 21.0. The number of aliphatic hydroxyl groups excluding tert-OH is 1. The van der Waals surface area contributed by atoms with Crippen LogP contribution in [0.4, 0.5) is 5.69 Å². The summed E-state index contributed by atoms with van der Waals surface area (Å²) in [5.74, 6) is 0.0391. The topological polar surface area (TPSA) is 129 Å². The highest BCUT2D eigenvalue weighted by atomic mass is 32.2. The zero-order valence-corrected chi connectivity index (χ0v) is 27.5. The SMILES string of the molecule is COc1cc(-c2cn(C)c(=O)c3c2ccn3S(=O)(=O)c2ccc(C)cc2)c2c(c1)N(CC(=O)OC(C)(C)C)C(O)C(C(C)C)O2. The van der Waals surface area contributed by atoms with E-state index in [0.717, 1.165) is 9.54 Å². The Morgan fingerprint density at radius 1 is 1.09 bits per heavy atom. The molecule has 5 rings (SSSR count). The van der Waals surface area contributed by atoms with Gasteiger partial charge in [0.05, 0.1) is 17.7 Å². The summed E-state index contributed by atoms with van der Waals surface area (Å²) in [6.07, 6.45) is 1.06. The molecule has 3 heterocycles. The van der Waals surface area contributed by atoms with E-state index >= 15 is 0 Å². The third-order valence-corrected chi connectivity index (χ3v) is 9.38. The van der Waals surface area contributed by atoms with Gasteiger partial charge in [0, 0.05) is 42.0 Å². The molecule has 240 valence electrons. The molecule has 0 radical (unpaired) electrons. The van der Waals surface area contributed by atoms with E-state index in [1.807, 2.05) is 20.8 Å². The third-order valence-electron chi connectivity index (χ3n) is 7.69. The molecule has 0 fully saturated rings. The highest BCUT2D eigenvalue weighted by Gasteiger charge is 2.40. The Bertz CT molecular complexity index is 1940. The lowest BCUT2D eigenvalue weighted by molar-refractivity contribution is -0.153. The molecule has 11 nitrogen and oxygen atoms in total. The number of carbonyl (C=O) groups is 1. The molecular weight excluding hydrogens is 598 g/mol. The Morgan fingerprint density at radius 3 is 2.36 bits per heavy atom. The van der Waals surface area contributed by atoms with E-state index in [0.29, 0.717) is 33.7 Å². The fourth-order valence-electron chi connectivity index (χ4n) is 5.50. The number of methoxy groups -OCH3 is 1. The maximum atomic E-state index is 13.8. The van der Waals surface area contributed by atoms with E-state index in [4.69, 9.17) is 14.2 Å². The van der Waals surface area contributed by atoms with Crippen LogP contribution in [0.3, 0.4) is 0 Å². The van der Waals surface area contributed by atoms with Crippen molar-refractivity contribution in [3.05, 3.63) is 70.8 Å². The molecule has 4 aromatic rings. The summed E-state index contributed by atoms with van der Waals surface area (Å²) in [5, 5.41) is 11.8. The number of carbonyl (C=O) groups excluding carboxylic acids is 1. The molecule has 1 aliphatic heterocycles. The predicted octanol–water partition coefficient (Wildman–Crippen LogP) is 4.44. The molecule has 2 aromatic carbocycles. The fourth-order valence-corrected chi connectivity index (χ4v) is 6.85. The number of anilines is 1. The largest absolute Gasteiger partial charge is 0.497 e. The standard InChI is InChI=1S/C33H39N3O8S/c1-19(2)29-32(39)35(18-27(37)44-33(4,5)6)26-16-21(42-8)15-24(30(26)43-29)25-17-34(7)31(38)28-23(25)13-14-36(28)45(40,41)22-11-9-20(3)10-12-22/h9-17,19,29,32,39H,18H2,1-8H3. The highest BCUT2D eigenvalue weighted by Crippen LogP contribution is 2.48. The van der Waals surface area contributed by atoms with Crippen molar-refractivity contribution < 1.29 is 32.5 Å². The van der Waals surface area contributed by atoms with Gasteiger partial charge in [-0.15, -0.1) is 0 Å². The molecule has 2 atom stereocenters. The molecule has 45 heavy (non-hydrogen) atoms. The fraction of sp³-hybridized carbons (Fsp3) is 0.394. The second kappa shape index (κ2) is 11.6. The van der Waals surface area contributed by atoms with Gasteiger partial charge in [-0.3, -0.25) is 9.59 Å². The summed E-state index contributed by atoms with van der Waals surface area (Å²) in [7, 11) is -1.08. The zero-order chi connectivity index (χ0) is 33.0. The van der Waals surface area contributed by atoms with Gasteiger partial charge < -0.3 is 28.8 Å². The van der Waals surface area contributed by atoms with Crippen LogP contribution in [-0.4, -0.2) is 59.6 Å². The average Bonchev–Trinajstić information content (AvgIpc) is 3.41. The maximum absolute atomic E-state index is 13.8. The molecule has 1 aliphatic rings. The van der Waals surface area contributed by atoms with Crippen molar-refractivity contribution in [1.82, 2.24) is 8.54 Å². The summed E-state index contributed by atoms with van der Waals surface area (Å²) < 4.78 is 47.5. The second-order valence-corrected chi connectivity index (χ2v) is 14.4. The number of hydrogen-bond donors (Lipinski definition) is 1. The van der Waals surface area contributed by atoms with Crippen molar-refractivity contribution in [3.8, 4) is 22.6 Å². The molecule has 2 aromatic heterocycles. The van der Waals surface area contributed by atoms with Crippen molar-refractivity contribution in [2.45, 2.75) is 64.4 Å². The number of hydrogen-bond acceptors (Lipinski definition) is 9. The normalized spacial score (nSPS) is 16.9. The Kier molecular flexibility index (Phi) is 8.26. The molecule has 0 saturated heterocycles. The lowest BCUT2D eigenvalue weighted by Crippen LogP contribution is -2.54. The number of rotatable bonds is 7. The van der Waals surface area contributed by atoms with Gasteiger partial charge in [0.25, 0.3) is 15.6 Å². The van der Waals surface area contributed by atoms with Crippen LogP contribution in [0.25, 0.3) is 22.0 Å². The van der Waals surface area contributed by atoms with E-state index in [-0.39, 0.29) is 22.9 Å². The van der Waals surface area contributed by atoms with Crippen molar-refractivity contribution in [3.63, 3.8) is 0 Å². The quantitative estimate of drug-likeness (QED) is 0.292. The summed E-state index contributed by atoms with van der Waals surface area (Å²) in [4.78, 5) is 28.1. The van der Waals surface area contributed by atoms with E-state index in [1.165, 1.54) is 34.9 Å². The molecule has 0 amide bonds. The van der Waals surface area contributed by atoms with E-state index < -0.39 is 39.5 Å². The summed E-state index contributed by atoms with van der Waals surface area (Å²) in [5.41, 5.74) is 0.994. The lowest BCUT2D eigenvalue weighted by atomic mass is 9.97. The van der Waals surface area contributed by atoms with Crippen molar-refractivity contribution in [2.24, 2.45) is 13.0 Å². The van der Waals surface area contributed by atoms with Crippen molar-refractivity contribution in [2.75, 3.05) is 18.6 Å². The van der Waals surface area contributed by atoms with Crippen LogP contribution in [0, 0.1) is 12.8 Å². The minimum absolute atomic E-state index is 0.0333. The van der Waals surface area contributed by atoms with Gasteiger partial charge in [0.1, 0.15) is 29.5 Å². The van der Waals surface area contributed by atoms with Gasteiger partial charge >= 0.3 is 5.97 Å². The van der Waals surface area contributed by atoms with Crippen LogP contribution >= 0.6 is 0 Å². The van der Waals surface area contributed by atoms with E-state index in [2.05, 4.69) is 0 Å². The number of nitrogens with zero attached hydrogens (tertiary/aromatic N) is 3. The smallest absolute Gasteiger partial charge is 0.326 e. The Balaban J connectivity index is 1.75. The molecule has 2 unspecified atom stereocenters. The molecule has 0 spiro atoms. The first kappa shape index (κ1) is 32.1. The second-order valence-electron chi connectivity index (χ2n) is 12.6. The third kappa shape index (κ3) is 5.91. The van der Waals surface area contributed by atoms with Gasteiger partial charge in [-0.25, -0.2) is 12.4 Å². The van der Waals surface area contributed by atoms with Crippen LogP contribution in [0.2, 0.25) is 0 Å². The number of aliphatic hydroxyl groups is 1. The first-order valence-electron chi connectivity index (χ1n) is 14.6. The van der Waals surface area contributed by atoms with Crippen LogP contribution < -0.4 is 19.9 Å². The molecular formula is C33H39N3O8S. The maximum Gasteiger partial charge on any atom is 0.326 e. The van der Waals surface area contributed by atoms with Crippen molar-refractivity contribution >= 4 is 32.6 Å². The molecule has 0 aliphatic carbocycles. The number of pyridine rings is 1. The number of esters is 1. The van der Waals surface area contributed by atoms with Crippen LogP contribution in [0.5, 0.6) is 11.5 Å². The monoisotopic (exact) mass is 637 g/mol. The Labute approximate surface area is 262 Å². The minimum atomic E-state index is -4.12. The van der Waals surface area contributed by atoms with Gasteiger partial charge in [0.2, 0.25) is 0 Å². The minimum Gasteiger partial charge on any atom is -0.497 e. The van der Waals surface area contributed by atoms with E-state index in [9.17, 15) is 23.1 Å². The van der Waals surface area contributed by atoms with Gasteiger partial charge in [-0.1, -0.05) is 31.5 Å². The molecule has 0 bridgehead atoms. The number of aryl methyl sites for hydroxylation is 2. The van der Waals surface area contributed by atoms with Crippen LogP contribution in [-0.2, 0) is 26.6 Å². The molecule has 0 saturated carbocycles. The number of fused-ring (bicyclic) bond motifs is 2. The lowest BCUT2D eigenvalue weighted by Gasteiger charge is -2.42. The van der Waals surface area contributed by atoms with Gasteiger partial charge in [-0.2, -0.15) is 0 Å². The molecule has 1 N–H and O–H groups in total. The van der Waals surface area contributed by atoms with Gasteiger partial charge in [-0.05, 0) is 57.9 Å². The van der Waals surface area contributed by atoms with E-state index in [1.54, 1.807) is 64.3 Å². The zero-order valence-electron chi connectivity index (χ0n) is 26.7. The Hall–Kier alpha value is -4.29. The Morgan fingerprint density at radius 2 is 1.76 bits per heavy atom. The number of ether oxygens (including phenoxy) is 3. The van der Waals surface area contributed by atoms with Crippen LogP contribution in [0.1, 0.15) is 40.2 Å². The summed E-state index contributed by atoms with van der Waals surface area (Å²) in [6, 6.07) is 11.4. The van der Waals surface area contributed by atoms with Crippen molar-refractivity contribution in [1.29, 1.82) is 0 Å². The van der Waals surface area contributed by atoms with Gasteiger partial charge in [0.15, 0.2) is 12.0 Å². The first-order valence-corrected chi connectivity index (χ1v) is 16.1. The van der Waals surface area contributed by atoms with Crippen LogP contribution in [0.15, 0.2) is 64.5 Å². The number of benzene rings is 2. The predicted molar refractivity (Wildman–Crippen MR) is 171 cm³/mol. The molecule has 12 heteroatoms. The summed E-state index contributed by atoms with van der Waals surface area (Å²) in [6.45, 7) is 10.7. The average molecular weight is 638 g/mol. The number of aromatic nitrogens is 2. The summed E-state index contributed by atoms with van der Waals surface area (Å²) >= 11 is 0. The highest BCUT2D eigenvalue weighted by molar-refractivity contribution is 7.90.